The van der Waals surface area contributed by atoms with Gasteiger partial charge in [0.2, 0.25) is 5.91 Å². The molecule has 0 N–H and O–H groups in total. The molecule has 2 fully saturated rings. The number of carbonyl (C=O) groups excluding carboxylic acids is 1. The predicted octanol–water partition coefficient (Wildman–Crippen LogP) is 2.82. The zero-order valence-electron chi connectivity index (χ0n) is 10.3. The van der Waals surface area contributed by atoms with E-state index < -0.39 is 0 Å². The van der Waals surface area contributed by atoms with Crippen LogP contribution in [0.25, 0.3) is 0 Å². The molecule has 1 saturated heterocycles. The summed E-state index contributed by atoms with van der Waals surface area (Å²) in [6.07, 6.45) is 5.82. The summed E-state index contributed by atoms with van der Waals surface area (Å²) in [5.74, 6) is 0.881. The van der Waals surface area contributed by atoms with Crippen molar-refractivity contribution in [3.63, 3.8) is 0 Å². The van der Waals surface area contributed by atoms with Crippen LogP contribution in [0.1, 0.15) is 52.9 Å². The van der Waals surface area contributed by atoms with E-state index in [0.717, 1.165) is 13.0 Å². The molecular weight excluding hydrogens is 186 g/mol. The van der Waals surface area contributed by atoms with Crippen molar-refractivity contribution in [2.75, 3.05) is 6.54 Å². The van der Waals surface area contributed by atoms with Crippen molar-refractivity contribution in [1.82, 2.24) is 4.90 Å². The predicted molar refractivity (Wildman–Crippen MR) is 61.5 cm³/mol. The number of rotatable bonds is 2. The van der Waals surface area contributed by atoms with E-state index in [2.05, 4.69) is 25.7 Å². The lowest BCUT2D eigenvalue weighted by molar-refractivity contribution is -0.133. The maximum Gasteiger partial charge on any atom is 0.223 e. The molecular formula is C13H23NO. The normalized spacial score (nSPS) is 34.9. The van der Waals surface area contributed by atoms with Crippen molar-refractivity contribution in [3.8, 4) is 0 Å². The average molecular weight is 209 g/mol. The Morgan fingerprint density at radius 2 is 2.20 bits per heavy atom. The summed E-state index contributed by atoms with van der Waals surface area (Å²) in [4.78, 5) is 14.2. The molecule has 2 heteroatoms. The minimum atomic E-state index is 0.389. The first-order valence-electron chi connectivity index (χ1n) is 6.32. The Balaban J connectivity index is 2.03. The maximum absolute atomic E-state index is 12.1. The van der Waals surface area contributed by atoms with Gasteiger partial charge < -0.3 is 4.90 Å². The van der Waals surface area contributed by atoms with Crippen LogP contribution in [0.5, 0.6) is 0 Å². The summed E-state index contributed by atoms with van der Waals surface area (Å²) in [6.45, 7) is 7.63. The first-order chi connectivity index (χ1) is 7.03. The molecule has 2 atom stereocenters. The number of carbonyl (C=O) groups is 1. The molecule has 1 aliphatic heterocycles. The van der Waals surface area contributed by atoms with Crippen LogP contribution in [-0.2, 0) is 4.79 Å². The third-order valence-electron chi connectivity index (χ3n) is 4.23. The summed E-state index contributed by atoms with van der Waals surface area (Å²) in [5, 5.41) is 0. The monoisotopic (exact) mass is 209 g/mol. The molecule has 1 aliphatic carbocycles. The molecule has 0 aromatic heterocycles. The Labute approximate surface area is 93.0 Å². The van der Waals surface area contributed by atoms with Crippen LogP contribution >= 0.6 is 0 Å². The van der Waals surface area contributed by atoms with Gasteiger partial charge in [0.05, 0.1) is 0 Å². The lowest BCUT2D eigenvalue weighted by atomic mass is 9.85. The fraction of sp³-hybridized carbons (Fsp3) is 0.923. The minimum absolute atomic E-state index is 0.389. The number of hydrogen-bond acceptors (Lipinski definition) is 1. The van der Waals surface area contributed by atoms with Gasteiger partial charge in [0.25, 0.3) is 0 Å². The van der Waals surface area contributed by atoms with Gasteiger partial charge in [0.15, 0.2) is 0 Å². The zero-order valence-corrected chi connectivity index (χ0v) is 10.3. The van der Waals surface area contributed by atoms with Gasteiger partial charge in [-0.05, 0) is 30.6 Å². The molecule has 0 radical (unpaired) electrons. The topological polar surface area (TPSA) is 20.3 Å². The summed E-state index contributed by atoms with van der Waals surface area (Å²) in [6, 6.07) is 0.559. The van der Waals surface area contributed by atoms with E-state index in [1.54, 1.807) is 0 Å². The quantitative estimate of drug-likeness (QED) is 0.685. The molecule has 2 nitrogen and oxygen atoms in total. The molecule has 1 amide bonds. The highest BCUT2D eigenvalue weighted by molar-refractivity contribution is 5.77. The Hall–Kier alpha value is -0.530. The molecule has 0 aromatic rings. The second-order valence-corrected chi connectivity index (χ2v) is 6.00. The van der Waals surface area contributed by atoms with Gasteiger partial charge in [-0.2, -0.15) is 0 Å². The molecule has 1 saturated carbocycles. The number of hydrogen-bond donors (Lipinski definition) is 0. The molecule has 0 aromatic carbocycles. The first kappa shape index (κ1) is 11.0. The van der Waals surface area contributed by atoms with Gasteiger partial charge in [-0.25, -0.2) is 0 Å². The average Bonchev–Trinajstić information content (AvgIpc) is 2.59. The summed E-state index contributed by atoms with van der Waals surface area (Å²) >= 11 is 0. The smallest absolute Gasteiger partial charge is 0.223 e. The van der Waals surface area contributed by atoms with Crippen molar-refractivity contribution >= 4 is 5.91 Å². The van der Waals surface area contributed by atoms with Crippen LogP contribution in [0.3, 0.4) is 0 Å². The Morgan fingerprint density at radius 1 is 1.47 bits per heavy atom. The lowest BCUT2D eigenvalue weighted by Gasteiger charge is -2.29. The van der Waals surface area contributed by atoms with Crippen molar-refractivity contribution < 1.29 is 4.79 Å². The molecule has 2 rings (SSSR count). The van der Waals surface area contributed by atoms with Crippen LogP contribution < -0.4 is 0 Å². The number of nitrogens with zero attached hydrogens (tertiary/aromatic N) is 1. The van der Waals surface area contributed by atoms with Gasteiger partial charge >= 0.3 is 0 Å². The number of likely N-dealkylation sites (tertiary alicyclic amines) is 1. The highest BCUT2D eigenvalue weighted by atomic mass is 16.2. The molecule has 1 heterocycles. The second-order valence-electron chi connectivity index (χ2n) is 6.00. The van der Waals surface area contributed by atoms with E-state index in [4.69, 9.17) is 0 Å². The number of fused-ring (bicyclic) bond motifs is 1. The van der Waals surface area contributed by atoms with Crippen molar-refractivity contribution in [3.05, 3.63) is 0 Å². The third kappa shape index (κ3) is 1.91. The van der Waals surface area contributed by atoms with E-state index in [0.29, 0.717) is 23.3 Å². The van der Waals surface area contributed by atoms with Crippen molar-refractivity contribution in [1.29, 1.82) is 0 Å². The largest absolute Gasteiger partial charge is 0.339 e. The Morgan fingerprint density at radius 3 is 2.87 bits per heavy atom. The van der Waals surface area contributed by atoms with Crippen molar-refractivity contribution in [2.45, 2.75) is 58.9 Å². The highest BCUT2D eigenvalue weighted by Gasteiger charge is 2.48. The van der Waals surface area contributed by atoms with Crippen LogP contribution in [-0.4, -0.2) is 23.4 Å². The SMILES string of the molecule is CC(C)CC(=O)N1CC[C@@]2(C)CCC[C@@H]12. The summed E-state index contributed by atoms with van der Waals surface area (Å²) in [5.41, 5.74) is 0.451. The third-order valence-corrected chi connectivity index (χ3v) is 4.23. The molecule has 86 valence electrons. The number of amides is 1. The van der Waals surface area contributed by atoms with Crippen LogP contribution in [0.15, 0.2) is 0 Å². The molecule has 2 aliphatic rings. The van der Waals surface area contributed by atoms with Gasteiger partial charge in [-0.1, -0.05) is 27.2 Å². The van der Waals surface area contributed by atoms with Crippen LogP contribution in [0.2, 0.25) is 0 Å². The van der Waals surface area contributed by atoms with E-state index >= 15 is 0 Å². The maximum atomic E-state index is 12.1. The van der Waals surface area contributed by atoms with Gasteiger partial charge in [-0.15, -0.1) is 0 Å². The van der Waals surface area contributed by atoms with E-state index in [1.165, 1.54) is 25.7 Å². The Bertz CT molecular complexity index is 261. The van der Waals surface area contributed by atoms with Gasteiger partial charge in [0, 0.05) is 19.0 Å². The Kier molecular flexibility index (Phi) is 2.78. The minimum Gasteiger partial charge on any atom is -0.339 e. The second kappa shape index (κ2) is 3.80. The fourth-order valence-corrected chi connectivity index (χ4v) is 3.33. The molecule has 0 bridgehead atoms. The zero-order chi connectivity index (χ0) is 11.1. The summed E-state index contributed by atoms with van der Waals surface area (Å²) in [7, 11) is 0. The van der Waals surface area contributed by atoms with Gasteiger partial charge in [-0.3, -0.25) is 4.79 Å². The van der Waals surface area contributed by atoms with Gasteiger partial charge in [0.1, 0.15) is 0 Å². The lowest BCUT2D eigenvalue weighted by Crippen LogP contribution is -2.39. The highest BCUT2D eigenvalue weighted by Crippen LogP contribution is 2.48. The molecule has 0 spiro atoms. The van der Waals surface area contributed by atoms with Crippen LogP contribution in [0.4, 0.5) is 0 Å². The molecule has 15 heavy (non-hydrogen) atoms. The fourth-order valence-electron chi connectivity index (χ4n) is 3.33. The van der Waals surface area contributed by atoms with Crippen LogP contribution in [0, 0.1) is 11.3 Å². The summed E-state index contributed by atoms with van der Waals surface area (Å²) < 4.78 is 0. The molecule has 0 unspecified atom stereocenters. The van der Waals surface area contributed by atoms with Crippen molar-refractivity contribution in [2.24, 2.45) is 11.3 Å². The van der Waals surface area contributed by atoms with E-state index in [9.17, 15) is 4.79 Å². The standard InChI is InChI=1S/C13H23NO/c1-10(2)9-12(15)14-8-7-13(3)6-4-5-11(13)14/h10-11H,4-9H2,1-3H3/t11-,13-/m1/s1. The van der Waals surface area contributed by atoms with E-state index in [-0.39, 0.29) is 0 Å². The first-order valence-corrected chi connectivity index (χ1v) is 6.32. The van der Waals surface area contributed by atoms with E-state index in [1.807, 2.05) is 0 Å².